The van der Waals surface area contributed by atoms with Gasteiger partial charge in [0.15, 0.2) is 0 Å². The molecule has 2 nitrogen and oxygen atoms in total. The highest BCUT2D eigenvalue weighted by molar-refractivity contribution is 5.81. The zero-order valence-electron chi connectivity index (χ0n) is 9.16. The second kappa shape index (κ2) is 5.84. The van der Waals surface area contributed by atoms with Gasteiger partial charge in [0.2, 0.25) is 0 Å². The lowest BCUT2D eigenvalue weighted by Crippen LogP contribution is -2.25. The number of carbonyl (C=O) groups excluding carboxylic acids is 1. The molecule has 1 saturated carbocycles. The lowest BCUT2D eigenvalue weighted by molar-refractivity contribution is -0.145. The fourth-order valence-corrected chi connectivity index (χ4v) is 2.06. The van der Waals surface area contributed by atoms with E-state index in [1.807, 2.05) is 13.8 Å². The highest BCUT2D eigenvalue weighted by atomic mass is 16.5. The smallest absolute Gasteiger partial charge is 0.330 e. The van der Waals surface area contributed by atoms with E-state index in [1.165, 1.54) is 38.2 Å². The Morgan fingerprint density at radius 3 is 2.57 bits per heavy atom. The van der Waals surface area contributed by atoms with E-state index in [-0.39, 0.29) is 12.1 Å². The minimum Gasteiger partial charge on any atom is -0.459 e. The first-order valence-corrected chi connectivity index (χ1v) is 5.57. The van der Waals surface area contributed by atoms with Gasteiger partial charge in [0, 0.05) is 6.08 Å². The molecule has 1 atom stereocenters. The number of rotatable bonds is 3. The van der Waals surface area contributed by atoms with Crippen molar-refractivity contribution in [1.29, 1.82) is 0 Å². The van der Waals surface area contributed by atoms with Crippen molar-refractivity contribution in [3.8, 4) is 0 Å². The zero-order chi connectivity index (χ0) is 10.4. The van der Waals surface area contributed by atoms with Crippen molar-refractivity contribution in [2.45, 2.75) is 52.1 Å². The normalized spacial score (nSPS) is 21.0. The molecule has 1 fully saturated rings. The third-order valence-electron chi connectivity index (χ3n) is 2.92. The van der Waals surface area contributed by atoms with Crippen molar-refractivity contribution in [2.75, 3.05) is 0 Å². The number of esters is 1. The van der Waals surface area contributed by atoms with Crippen LogP contribution in [0.3, 0.4) is 0 Å². The lowest BCUT2D eigenvalue weighted by atomic mass is 9.86. The van der Waals surface area contributed by atoms with E-state index in [0.29, 0.717) is 5.92 Å². The second-order valence-electron chi connectivity index (χ2n) is 4.04. The molecule has 0 spiro atoms. The summed E-state index contributed by atoms with van der Waals surface area (Å²) in [6.07, 6.45) is 9.63. The number of ether oxygens (including phenoxy) is 1. The molecule has 80 valence electrons. The molecule has 0 aromatic rings. The van der Waals surface area contributed by atoms with E-state index in [1.54, 1.807) is 6.08 Å². The molecule has 2 heteroatoms. The van der Waals surface area contributed by atoms with Crippen LogP contribution >= 0.6 is 0 Å². The summed E-state index contributed by atoms with van der Waals surface area (Å²) in [6, 6.07) is 0. The molecule has 0 unspecified atom stereocenters. The maximum Gasteiger partial charge on any atom is 0.330 e. The van der Waals surface area contributed by atoms with Crippen LogP contribution in [0.4, 0.5) is 0 Å². The van der Waals surface area contributed by atoms with Gasteiger partial charge in [-0.25, -0.2) is 4.79 Å². The van der Waals surface area contributed by atoms with Gasteiger partial charge in [-0.1, -0.05) is 25.3 Å². The van der Waals surface area contributed by atoms with Gasteiger partial charge >= 0.3 is 5.97 Å². The molecule has 1 aliphatic carbocycles. The summed E-state index contributed by atoms with van der Waals surface area (Å²) in [4.78, 5) is 11.2. The van der Waals surface area contributed by atoms with Gasteiger partial charge in [-0.15, -0.1) is 0 Å². The van der Waals surface area contributed by atoms with E-state index >= 15 is 0 Å². The Hall–Kier alpha value is -0.790. The van der Waals surface area contributed by atoms with Gasteiger partial charge in [-0.3, -0.25) is 0 Å². The first-order chi connectivity index (χ1) is 6.74. The minimum atomic E-state index is -0.203. The highest BCUT2D eigenvalue weighted by Gasteiger charge is 2.22. The van der Waals surface area contributed by atoms with Crippen molar-refractivity contribution in [2.24, 2.45) is 5.92 Å². The fraction of sp³-hybridized carbons (Fsp3) is 0.750. The van der Waals surface area contributed by atoms with Crippen LogP contribution in [0.15, 0.2) is 12.2 Å². The molecule has 14 heavy (non-hydrogen) atoms. The maximum atomic E-state index is 11.2. The molecule has 0 N–H and O–H groups in total. The Morgan fingerprint density at radius 2 is 2.00 bits per heavy atom. The Kier molecular flexibility index (Phi) is 4.71. The molecule has 0 heterocycles. The summed E-state index contributed by atoms with van der Waals surface area (Å²) in [5, 5.41) is 0. The van der Waals surface area contributed by atoms with Crippen molar-refractivity contribution in [3.63, 3.8) is 0 Å². The average molecular weight is 196 g/mol. The van der Waals surface area contributed by atoms with Crippen LogP contribution in [0.25, 0.3) is 0 Å². The van der Waals surface area contributed by atoms with Crippen LogP contribution < -0.4 is 0 Å². The van der Waals surface area contributed by atoms with Crippen LogP contribution in [0, 0.1) is 5.92 Å². The van der Waals surface area contributed by atoms with E-state index in [2.05, 4.69) is 0 Å². The van der Waals surface area contributed by atoms with Crippen LogP contribution in [-0.4, -0.2) is 12.1 Å². The Morgan fingerprint density at radius 1 is 1.36 bits per heavy atom. The predicted octanol–water partition coefficient (Wildman–Crippen LogP) is 3.07. The van der Waals surface area contributed by atoms with Gasteiger partial charge in [0.1, 0.15) is 6.10 Å². The largest absolute Gasteiger partial charge is 0.459 e. The summed E-state index contributed by atoms with van der Waals surface area (Å²) in [6.45, 7) is 3.84. The third-order valence-corrected chi connectivity index (χ3v) is 2.92. The van der Waals surface area contributed by atoms with Crippen molar-refractivity contribution in [3.05, 3.63) is 12.2 Å². The molecular formula is C12H20O2. The molecule has 0 radical (unpaired) electrons. The van der Waals surface area contributed by atoms with E-state index in [0.717, 1.165) is 0 Å². The van der Waals surface area contributed by atoms with Crippen molar-refractivity contribution < 1.29 is 9.53 Å². The first-order valence-electron chi connectivity index (χ1n) is 5.57. The molecule has 0 aliphatic heterocycles. The summed E-state index contributed by atoms with van der Waals surface area (Å²) in [5.41, 5.74) is 0. The van der Waals surface area contributed by atoms with E-state index < -0.39 is 0 Å². The van der Waals surface area contributed by atoms with Crippen LogP contribution in [0.1, 0.15) is 46.0 Å². The van der Waals surface area contributed by atoms with Crippen LogP contribution in [0.2, 0.25) is 0 Å². The quantitative estimate of drug-likeness (QED) is 0.512. The molecule has 0 aromatic heterocycles. The Labute approximate surface area is 86.3 Å². The molecule has 0 aromatic carbocycles. The SMILES string of the molecule is CC=CC(=O)O[C@H](C)C1CCCCC1. The predicted molar refractivity (Wildman–Crippen MR) is 56.9 cm³/mol. The molecule has 1 aliphatic rings. The monoisotopic (exact) mass is 196 g/mol. The number of carbonyl (C=O) groups is 1. The second-order valence-corrected chi connectivity index (χ2v) is 4.04. The first kappa shape index (κ1) is 11.3. The Balaban J connectivity index is 2.32. The molecule has 0 saturated heterocycles. The Bertz CT molecular complexity index is 202. The topological polar surface area (TPSA) is 26.3 Å². The summed E-state index contributed by atoms with van der Waals surface area (Å²) < 4.78 is 5.30. The van der Waals surface area contributed by atoms with Crippen molar-refractivity contribution in [1.82, 2.24) is 0 Å². The average Bonchev–Trinajstić information content (AvgIpc) is 2.19. The molecule has 0 bridgehead atoms. The molecule has 1 rings (SSSR count). The lowest BCUT2D eigenvalue weighted by Gasteiger charge is -2.26. The standard InChI is InChI=1S/C12H20O2/c1-3-7-12(13)14-10(2)11-8-5-4-6-9-11/h3,7,10-11H,4-6,8-9H2,1-2H3/t10-/m1/s1. The number of hydrogen-bond donors (Lipinski definition) is 0. The highest BCUT2D eigenvalue weighted by Crippen LogP contribution is 2.27. The zero-order valence-corrected chi connectivity index (χ0v) is 9.16. The third kappa shape index (κ3) is 3.52. The van der Waals surface area contributed by atoms with Gasteiger partial charge in [-0.05, 0) is 32.6 Å². The maximum absolute atomic E-state index is 11.2. The minimum absolute atomic E-state index is 0.0824. The van der Waals surface area contributed by atoms with Crippen molar-refractivity contribution >= 4 is 5.97 Å². The molecule has 0 amide bonds. The molecular weight excluding hydrogens is 176 g/mol. The summed E-state index contributed by atoms with van der Waals surface area (Å²) in [7, 11) is 0. The van der Waals surface area contributed by atoms with Crippen LogP contribution in [-0.2, 0) is 9.53 Å². The van der Waals surface area contributed by atoms with Gasteiger partial charge in [0.25, 0.3) is 0 Å². The van der Waals surface area contributed by atoms with Crippen LogP contribution in [0.5, 0.6) is 0 Å². The van der Waals surface area contributed by atoms with Gasteiger partial charge in [-0.2, -0.15) is 0 Å². The summed E-state index contributed by atoms with van der Waals surface area (Å²) in [5.74, 6) is 0.378. The number of allylic oxidation sites excluding steroid dienone is 1. The number of hydrogen-bond acceptors (Lipinski definition) is 2. The van der Waals surface area contributed by atoms with Gasteiger partial charge < -0.3 is 4.74 Å². The van der Waals surface area contributed by atoms with E-state index in [9.17, 15) is 4.79 Å². The van der Waals surface area contributed by atoms with Gasteiger partial charge in [0.05, 0.1) is 0 Å². The summed E-state index contributed by atoms with van der Waals surface area (Å²) >= 11 is 0. The van der Waals surface area contributed by atoms with E-state index in [4.69, 9.17) is 4.74 Å². The fourth-order valence-electron chi connectivity index (χ4n) is 2.06.